The first-order valence-electron chi connectivity index (χ1n) is 9.23. The second-order valence-electron chi connectivity index (χ2n) is 6.81. The molecule has 1 saturated heterocycles. The minimum absolute atomic E-state index is 0.105. The zero-order valence-corrected chi connectivity index (χ0v) is 16.2. The third kappa shape index (κ3) is 3.90. The van der Waals surface area contributed by atoms with Crippen LogP contribution in [0.15, 0.2) is 24.3 Å². The van der Waals surface area contributed by atoms with E-state index < -0.39 is 0 Å². The van der Waals surface area contributed by atoms with Crippen LogP contribution in [0.25, 0.3) is 0 Å². The summed E-state index contributed by atoms with van der Waals surface area (Å²) in [5, 5.41) is 4.37. The molecule has 0 unspecified atom stereocenters. The van der Waals surface area contributed by atoms with Crippen LogP contribution in [0.1, 0.15) is 34.2 Å². The summed E-state index contributed by atoms with van der Waals surface area (Å²) in [7, 11) is 1.88. The van der Waals surface area contributed by atoms with Gasteiger partial charge in [-0.05, 0) is 38.5 Å². The van der Waals surface area contributed by atoms with Crippen LogP contribution in [0.5, 0.6) is 5.75 Å². The number of carbonyl (C=O) groups is 1. The van der Waals surface area contributed by atoms with Gasteiger partial charge in [0.2, 0.25) is 0 Å². The van der Waals surface area contributed by atoms with E-state index in [-0.39, 0.29) is 5.91 Å². The fourth-order valence-electron chi connectivity index (χ4n) is 3.47. The molecule has 1 amide bonds. The predicted molar refractivity (Wildman–Crippen MR) is 101 cm³/mol. The maximum absolute atomic E-state index is 12.9. The van der Waals surface area contributed by atoms with Gasteiger partial charge in [0.1, 0.15) is 5.75 Å². The van der Waals surface area contributed by atoms with Crippen molar-refractivity contribution in [2.75, 3.05) is 32.8 Å². The number of hydrogen-bond acceptors (Lipinski definition) is 4. The van der Waals surface area contributed by atoms with Crippen molar-refractivity contribution < 1.29 is 9.53 Å². The molecule has 1 aromatic heterocycles. The highest BCUT2D eigenvalue weighted by Crippen LogP contribution is 2.18. The Morgan fingerprint density at radius 3 is 2.31 bits per heavy atom. The smallest absolute Gasteiger partial charge is 0.257 e. The molecule has 0 spiro atoms. The molecule has 0 radical (unpaired) electrons. The number of rotatable bonds is 5. The Kier molecular flexibility index (Phi) is 5.61. The van der Waals surface area contributed by atoms with Crippen molar-refractivity contribution >= 4 is 5.91 Å². The van der Waals surface area contributed by atoms with Gasteiger partial charge in [-0.1, -0.05) is 12.1 Å². The molecular formula is C20H28N4O2. The van der Waals surface area contributed by atoms with Gasteiger partial charge in [-0.3, -0.25) is 14.4 Å². The monoisotopic (exact) mass is 356 g/mol. The van der Waals surface area contributed by atoms with Crippen molar-refractivity contribution in [2.24, 2.45) is 7.05 Å². The van der Waals surface area contributed by atoms with Crippen molar-refractivity contribution in [1.82, 2.24) is 19.6 Å². The van der Waals surface area contributed by atoms with Crippen LogP contribution in [-0.2, 0) is 13.6 Å². The standard InChI is InChI=1S/C20H28N4O2/c1-5-26-18-8-6-17(7-9-18)14-23-10-12-24(13-11-23)20(25)19-15(2)21-22(4)16(19)3/h6-9H,5,10-14H2,1-4H3. The van der Waals surface area contributed by atoms with Crippen molar-refractivity contribution in [3.63, 3.8) is 0 Å². The molecule has 1 aliphatic heterocycles. The quantitative estimate of drug-likeness (QED) is 0.825. The first-order valence-corrected chi connectivity index (χ1v) is 9.23. The summed E-state index contributed by atoms with van der Waals surface area (Å²) in [6, 6.07) is 8.27. The zero-order chi connectivity index (χ0) is 18.7. The largest absolute Gasteiger partial charge is 0.494 e. The lowest BCUT2D eigenvalue weighted by Gasteiger charge is -2.34. The normalized spacial score (nSPS) is 15.3. The second-order valence-corrected chi connectivity index (χ2v) is 6.81. The summed E-state index contributed by atoms with van der Waals surface area (Å²) < 4.78 is 7.27. The van der Waals surface area contributed by atoms with Gasteiger partial charge in [0.15, 0.2) is 0 Å². The Labute approximate surface area is 155 Å². The Bertz CT molecular complexity index is 759. The van der Waals surface area contributed by atoms with E-state index in [1.165, 1.54) is 5.56 Å². The average molecular weight is 356 g/mol. The molecule has 140 valence electrons. The molecule has 1 fully saturated rings. The Balaban J connectivity index is 1.56. The molecule has 2 aromatic rings. The molecule has 0 N–H and O–H groups in total. The third-order valence-electron chi connectivity index (χ3n) is 5.02. The van der Waals surface area contributed by atoms with Gasteiger partial charge in [-0.2, -0.15) is 5.10 Å². The molecule has 0 atom stereocenters. The van der Waals surface area contributed by atoms with Crippen molar-refractivity contribution in [2.45, 2.75) is 27.3 Å². The molecule has 3 rings (SSSR count). The molecule has 2 heterocycles. The van der Waals surface area contributed by atoms with Crippen molar-refractivity contribution in [3.8, 4) is 5.75 Å². The molecule has 0 saturated carbocycles. The molecule has 6 nitrogen and oxygen atoms in total. The number of hydrogen-bond donors (Lipinski definition) is 0. The number of piperazine rings is 1. The minimum Gasteiger partial charge on any atom is -0.494 e. The molecule has 0 aliphatic carbocycles. The van der Waals surface area contributed by atoms with Gasteiger partial charge in [-0.25, -0.2) is 0 Å². The topological polar surface area (TPSA) is 50.6 Å². The minimum atomic E-state index is 0.105. The second kappa shape index (κ2) is 7.91. The van der Waals surface area contributed by atoms with Gasteiger partial charge in [0.05, 0.1) is 17.9 Å². The maximum atomic E-state index is 12.9. The summed E-state index contributed by atoms with van der Waals surface area (Å²) in [4.78, 5) is 17.2. The van der Waals surface area contributed by atoms with Crippen LogP contribution in [0.3, 0.4) is 0 Å². The number of carbonyl (C=O) groups excluding carboxylic acids is 1. The first kappa shape index (κ1) is 18.5. The lowest BCUT2D eigenvalue weighted by atomic mass is 10.1. The number of nitrogens with zero attached hydrogens (tertiary/aromatic N) is 4. The molecule has 1 aliphatic rings. The van der Waals surface area contributed by atoms with E-state index in [0.29, 0.717) is 6.61 Å². The third-order valence-corrected chi connectivity index (χ3v) is 5.02. The molecule has 6 heteroatoms. The van der Waals surface area contributed by atoms with Crippen LogP contribution in [0.4, 0.5) is 0 Å². The van der Waals surface area contributed by atoms with Gasteiger partial charge < -0.3 is 9.64 Å². The summed E-state index contributed by atoms with van der Waals surface area (Å²) in [6.45, 7) is 10.7. The first-order chi connectivity index (χ1) is 12.5. The molecular weight excluding hydrogens is 328 g/mol. The van der Waals surface area contributed by atoms with E-state index >= 15 is 0 Å². The van der Waals surface area contributed by atoms with E-state index in [2.05, 4.69) is 22.1 Å². The van der Waals surface area contributed by atoms with E-state index in [1.807, 2.05) is 44.9 Å². The highest BCUT2D eigenvalue weighted by atomic mass is 16.5. The predicted octanol–water partition coefficient (Wildman–Crippen LogP) is 2.39. The summed E-state index contributed by atoms with van der Waals surface area (Å²) >= 11 is 0. The van der Waals surface area contributed by atoms with Gasteiger partial charge in [-0.15, -0.1) is 0 Å². The fraction of sp³-hybridized carbons (Fsp3) is 0.500. The molecule has 0 bridgehead atoms. The number of amides is 1. The van der Waals surface area contributed by atoms with Gasteiger partial charge >= 0.3 is 0 Å². The van der Waals surface area contributed by atoms with Crippen LogP contribution in [0.2, 0.25) is 0 Å². The maximum Gasteiger partial charge on any atom is 0.257 e. The zero-order valence-electron chi connectivity index (χ0n) is 16.2. The van der Waals surface area contributed by atoms with Crippen molar-refractivity contribution in [3.05, 3.63) is 46.8 Å². The SMILES string of the molecule is CCOc1ccc(CN2CCN(C(=O)c3c(C)nn(C)c3C)CC2)cc1. The number of aryl methyl sites for hydroxylation is 2. The molecule has 1 aromatic carbocycles. The van der Waals surface area contributed by atoms with Crippen LogP contribution < -0.4 is 4.74 Å². The number of ether oxygens (including phenoxy) is 1. The van der Waals surface area contributed by atoms with Gasteiger partial charge in [0, 0.05) is 45.5 Å². The lowest BCUT2D eigenvalue weighted by molar-refractivity contribution is 0.0627. The summed E-state index contributed by atoms with van der Waals surface area (Å²) in [6.07, 6.45) is 0. The average Bonchev–Trinajstić information content (AvgIpc) is 2.89. The highest BCUT2D eigenvalue weighted by Gasteiger charge is 2.26. The number of benzene rings is 1. The summed E-state index contributed by atoms with van der Waals surface area (Å²) in [5.74, 6) is 1.02. The Hall–Kier alpha value is -2.34. The van der Waals surface area contributed by atoms with Gasteiger partial charge in [0.25, 0.3) is 5.91 Å². The van der Waals surface area contributed by atoms with E-state index in [9.17, 15) is 4.79 Å². The van der Waals surface area contributed by atoms with Crippen LogP contribution in [0, 0.1) is 13.8 Å². The lowest BCUT2D eigenvalue weighted by Crippen LogP contribution is -2.48. The van der Waals surface area contributed by atoms with E-state index in [1.54, 1.807) is 4.68 Å². The molecule has 26 heavy (non-hydrogen) atoms. The van der Waals surface area contributed by atoms with Crippen LogP contribution >= 0.6 is 0 Å². The Morgan fingerprint density at radius 2 is 1.77 bits per heavy atom. The van der Waals surface area contributed by atoms with Crippen molar-refractivity contribution in [1.29, 1.82) is 0 Å². The Morgan fingerprint density at radius 1 is 1.12 bits per heavy atom. The number of aromatic nitrogens is 2. The van der Waals surface area contributed by atoms with E-state index in [4.69, 9.17) is 4.74 Å². The van der Waals surface area contributed by atoms with Crippen LogP contribution in [-0.4, -0.2) is 58.3 Å². The summed E-state index contributed by atoms with van der Waals surface area (Å²) in [5.41, 5.74) is 3.77. The fourth-order valence-corrected chi connectivity index (χ4v) is 3.47. The highest BCUT2D eigenvalue weighted by molar-refractivity contribution is 5.96. The van der Waals surface area contributed by atoms with E-state index in [0.717, 1.165) is 55.4 Å².